The van der Waals surface area contributed by atoms with Crippen molar-refractivity contribution in [2.24, 2.45) is 5.10 Å². The molecule has 0 radical (unpaired) electrons. The van der Waals surface area contributed by atoms with Crippen molar-refractivity contribution < 1.29 is 4.79 Å². The van der Waals surface area contributed by atoms with Gasteiger partial charge in [0.15, 0.2) is 0 Å². The second-order valence-electron chi connectivity index (χ2n) is 11.0. The molecule has 5 aromatic carbocycles. The molecule has 0 saturated heterocycles. The average molecular weight is 597 g/mol. The molecule has 7 rings (SSSR count). The second kappa shape index (κ2) is 12.8. The molecule has 0 bridgehead atoms. The lowest BCUT2D eigenvalue weighted by molar-refractivity contribution is 0.0955. The highest BCUT2D eigenvalue weighted by molar-refractivity contribution is 5.97. The lowest BCUT2D eigenvalue weighted by Crippen LogP contribution is -2.17. The van der Waals surface area contributed by atoms with Crippen molar-refractivity contribution in [1.29, 1.82) is 0 Å². The number of aromatic nitrogens is 2. The molecule has 0 atom stereocenters. The number of amides is 1. The third-order valence-electron chi connectivity index (χ3n) is 8.06. The quantitative estimate of drug-likeness (QED) is 0.138. The summed E-state index contributed by atoms with van der Waals surface area (Å²) in [5.41, 5.74) is 13.7. The molecule has 1 N–H and O–H groups in total. The molecule has 222 valence electrons. The molecule has 1 amide bonds. The molecule has 0 unspecified atom stereocenters. The van der Waals surface area contributed by atoms with Gasteiger partial charge in [-0.05, 0) is 78.2 Å². The Labute approximate surface area is 268 Å². The summed E-state index contributed by atoms with van der Waals surface area (Å²) in [5, 5.41) is 4.44. The van der Waals surface area contributed by atoms with Crippen LogP contribution in [0.2, 0.25) is 0 Å². The fraction of sp³-hybridized carbons (Fsp3) is 0.0244. The van der Waals surface area contributed by atoms with E-state index in [2.05, 4.69) is 93.3 Å². The molecule has 2 heterocycles. The summed E-state index contributed by atoms with van der Waals surface area (Å²) in [5.74, 6) is -0.276. The standard InChI is InChI=1S/C41H32N4O/c1-30-22-27-38(31-14-6-2-7-15-31)44(30)37-25-23-34(24-26-37)41(46)43-42-29-35-28-39(32-16-8-3-9-17-32)45(36-20-12-5-13-21-36)40(35)33-18-10-4-11-19-33/h2-29H,1H3,(H,43,46)/b42-29-. The number of rotatable bonds is 8. The molecular weight excluding hydrogens is 564 g/mol. The third kappa shape index (κ3) is 5.70. The van der Waals surface area contributed by atoms with Crippen molar-refractivity contribution in [3.8, 4) is 45.1 Å². The average Bonchev–Trinajstić information content (AvgIpc) is 3.70. The van der Waals surface area contributed by atoms with E-state index >= 15 is 0 Å². The Bertz CT molecular complexity index is 2110. The molecule has 2 aromatic heterocycles. The van der Waals surface area contributed by atoms with Gasteiger partial charge in [-0.25, -0.2) is 5.43 Å². The van der Waals surface area contributed by atoms with Gasteiger partial charge < -0.3 is 9.13 Å². The van der Waals surface area contributed by atoms with Gasteiger partial charge in [0, 0.05) is 28.2 Å². The summed E-state index contributed by atoms with van der Waals surface area (Å²) in [6.45, 7) is 2.08. The molecule has 0 aliphatic carbocycles. The van der Waals surface area contributed by atoms with Crippen LogP contribution in [0.25, 0.3) is 45.1 Å². The summed E-state index contributed by atoms with van der Waals surface area (Å²) in [6.07, 6.45) is 1.73. The molecule has 7 aromatic rings. The maximum Gasteiger partial charge on any atom is 0.271 e. The van der Waals surface area contributed by atoms with Gasteiger partial charge in [0.1, 0.15) is 0 Å². The minimum atomic E-state index is -0.276. The maximum atomic E-state index is 13.2. The number of carbonyl (C=O) groups is 1. The molecule has 0 fully saturated rings. The van der Waals surface area contributed by atoms with Crippen molar-refractivity contribution in [1.82, 2.24) is 14.6 Å². The smallest absolute Gasteiger partial charge is 0.271 e. The first-order valence-corrected chi connectivity index (χ1v) is 15.3. The van der Waals surface area contributed by atoms with Crippen LogP contribution in [0.15, 0.2) is 169 Å². The van der Waals surface area contributed by atoms with Crippen LogP contribution < -0.4 is 5.43 Å². The van der Waals surface area contributed by atoms with Gasteiger partial charge in [-0.2, -0.15) is 5.10 Å². The van der Waals surface area contributed by atoms with Crippen LogP contribution in [0.3, 0.4) is 0 Å². The number of para-hydroxylation sites is 1. The van der Waals surface area contributed by atoms with E-state index in [1.807, 2.05) is 97.1 Å². The molecule has 0 spiro atoms. The van der Waals surface area contributed by atoms with Crippen LogP contribution in [0.5, 0.6) is 0 Å². The normalized spacial score (nSPS) is 11.2. The van der Waals surface area contributed by atoms with E-state index < -0.39 is 0 Å². The zero-order valence-electron chi connectivity index (χ0n) is 25.4. The first kappa shape index (κ1) is 28.6. The Hall–Kier alpha value is -6.20. The predicted molar refractivity (Wildman–Crippen MR) is 188 cm³/mol. The molecule has 0 saturated carbocycles. The summed E-state index contributed by atoms with van der Waals surface area (Å²) < 4.78 is 4.45. The number of carbonyl (C=O) groups excluding carboxylic acids is 1. The lowest BCUT2D eigenvalue weighted by Gasteiger charge is -2.15. The first-order chi connectivity index (χ1) is 22.7. The zero-order valence-corrected chi connectivity index (χ0v) is 25.4. The fourth-order valence-corrected chi connectivity index (χ4v) is 5.89. The van der Waals surface area contributed by atoms with Gasteiger partial charge >= 0.3 is 0 Å². The highest BCUT2D eigenvalue weighted by atomic mass is 16.2. The van der Waals surface area contributed by atoms with Crippen LogP contribution in [-0.2, 0) is 0 Å². The molecule has 5 heteroatoms. The number of aryl methyl sites for hydroxylation is 1. The van der Waals surface area contributed by atoms with Gasteiger partial charge in [0.05, 0.1) is 23.3 Å². The second-order valence-corrected chi connectivity index (χ2v) is 11.0. The van der Waals surface area contributed by atoms with Crippen molar-refractivity contribution in [2.45, 2.75) is 6.92 Å². The number of benzene rings is 5. The van der Waals surface area contributed by atoms with E-state index in [-0.39, 0.29) is 5.91 Å². The van der Waals surface area contributed by atoms with E-state index in [9.17, 15) is 4.79 Å². The van der Waals surface area contributed by atoms with E-state index in [1.165, 1.54) is 0 Å². The summed E-state index contributed by atoms with van der Waals surface area (Å²) in [4.78, 5) is 13.2. The zero-order chi connectivity index (χ0) is 31.3. The Morgan fingerprint density at radius 3 is 1.70 bits per heavy atom. The minimum Gasteiger partial charge on any atom is -0.314 e. The van der Waals surface area contributed by atoms with Gasteiger partial charge in [0.25, 0.3) is 5.91 Å². The fourth-order valence-electron chi connectivity index (χ4n) is 5.89. The van der Waals surface area contributed by atoms with Crippen LogP contribution in [0.1, 0.15) is 21.6 Å². The topological polar surface area (TPSA) is 51.3 Å². The van der Waals surface area contributed by atoms with Crippen molar-refractivity contribution in [3.63, 3.8) is 0 Å². The molecular formula is C41H32N4O. The summed E-state index contributed by atoms with van der Waals surface area (Å²) >= 11 is 0. The van der Waals surface area contributed by atoms with Gasteiger partial charge in [-0.15, -0.1) is 0 Å². The highest BCUT2D eigenvalue weighted by Crippen LogP contribution is 2.35. The summed E-state index contributed by atoms with van der Waals surface area (Å²) in [7, 11) is 0. The molecule has 5 nitrogen and oxygen atoms in total. The minimum absolute atomic E-state index is 0.276. The first-order valence-electron chi connectivity index (χ1n) is 15.3. The number of nitrogens with one attached hydrogen (secondary N) is 1. The summed E-state index contributed by atoms with van der Waals surface area (Å²) in [6, 6.07) is 55.1. The number of hydrogen-bond donors (Lipinski definition) is 1. The van der Waals surface area contributed by atoms with Gasteiger partial charge in [-0.3, -0.25) is 4.79 Å². The lowest BCUT2D eigenvalue weighted by atomic mass is 10.1. The predicted octanol–water partition coefficient (Wildman–Crippen LogP) is 9.34. The third-order valence-corrected chi connectivity index (χ3v) is 8.06. The Morgan fingerprint density at radius 2 is 1.09 bits per heavy atom. The molecule has 0 aliphatic heterocycles. The monoisotopic (exact) mass is 596 g/mol. The number of hydrogen-bond acceptors (Lipinski definition) is 2. The van der Waals surface area contributed by atoms with Crippen LogP contribution in [0, 0.1) is 6.92 Å². The number of hydrazone groups is 1. The highest BCUT2D eigenvalue weighted by Gasteiger charge is 2.19. The Kier molecular flexibility index (Phi) is 7.95. The Balaban J connectivity index is 1.20. The van der Waals surface area contributed by atoms with E-state index in [0.29, 0.717) is 5.56 Å². The Morgan fingerprint density at radius 1 is 0.565 bits per heavy atom. The molecule has 0 aliphatic rings. The number of nitrogens with zero attached hydrogens (tertiary/aromatic N) is 3. The SMILES string of the molecule is Cc1ccc(-c2ccccc2)n1-c1ccc(C(=O)N/N=C\c2cc(-c3ccccc3)n(-c3ccccc3)c2-c2ccccc2)cc1. The van der Waals surface area contributed by atoms with Crippen molar-refractivity contribution in [2.75, 3.05) is 0 Å². The van der Waals surface area contributed by atoms with Crippen LogP contribution >= 0.6 is 0 Å². The van der Waals surface area contributed by atoms with Gasteiger partial charge in [-0.1, -0.05) is 109 Å². The van der Waals surface area contributed by atoms with Crippen LogP contribution in [0.4, 0.5) is 0 Å². The van der Waals surface area contributed by atoms with Crippen molar-refractivity contribution in [3.05, 3.63) is 181 Å². The van der Waals surface area contributed by atoms with E-state index in [1.54, 1.807) is 6.21 Å². The van der Waals surface area contributed by atoms with Gasteiger partial charge in [0.2, 0.25) is 0 Å². The largest absolute Gasteiger partial charge is 0.314 e. The molecule has 46 heavy (non-hydrogen) atoms. The van der Waals surface area contributed by atoms with E-state index in [4.69, 9.17) is 0 Å². The van der Waals surface area contributed by atoms with E-state index in [0.717, 1.165) is 56.4 Å². The van der Waals surface area contributed by atoms with Crippen LogP contribution in [-0.4, -0.2) is 21.3 Å². The van der Waals surface area contributed by atoms with Crippen molar-refractivity contribution >= 4 is 12.1 Å². The maximum absolute atomic E-state index is 13.2.